The molecule has 6 rings (SSSR count). The van der Waals surface area contributed by atoms with Crippen LogP contribution >= 0.6 is 0 Å². The van der Waals surface area contributed by atoms with Gasteiger partial charge in [0.15, 0.2) is 5.82 Å². The maximum absolute atomic E-state index is 12.5. The van der Waals surface area contributed by atoms with E-state index < -0.39 is 18.6 Å². The van der Waals surface area contributed by atoms with Crippen molar-refractivity contribution < 1.29 is 18.0 Å². The lowest BCUT2D eigenvalue weighted by atomic mass is 9.96. The van der Waals surface area contributed by atoms with Crippen LogP contribution in [0, 0.1) is 0 Å². The summed E-state index contributed by atoms with van der Waals surface area (Å²) < 4.78 is 39.4. The van der Waals surface area contributed by atoms with Gasteiger partial charge in [0.05, 0.1) is 17.8 Å². The summed E-state index contributed by atoms with van der Waals surface area (Å²) in [5.41, 5.74) is 4.46. The number of nitrogens with zero attached hydrogens (tertiary/aromatic N) is 4. The Balaban J connectivity index is 1.31. The number of piperidine rings is 1. The number of fused-ring (bicyclic) bond motifs is 1. The minimum absolute atomic E-state index is 0.151. The molecule has 1 saturated carbocycles. The summed E-state index contributed by atoms with van der Waals surface area (Å²) in [4.78, 5) is 17.1. The monoisotopic (exact) mass is 523 g/mol. The van der Waals surface area contributed by atoms with Crippen LogP contribution in [0.15, 0.2) is 42.6 Å². The van der Waals surface area contributed by atoms with Crippen LogP contribution in [0.1, 0.15) is 65.0 Å². The molecule has 0 bridgehead atoms. The van der Waals surface area contributed by atoms with Gasteiger partial charge in [-0.1, -0.05) is 18.2 Å². The fourth-order valence-electron chi connectivity index (χ4n) is 5.26. The lowest BCUT2D eigenvalue weighted by molar-refractivity contribution is -0.123. The summed E-state index contributed by atoms with van der Waals surface area (Å²) in [5, 5.41) is 18.7. The van der Waals surface area contributed by atoms with Gasteiger partial charge in [0.2, 0.25) is 0 Å². The van der Waals surface area contributed by atoms with Crippen molar-refractivity contribution in [3.8, 4) is 11.4 Å². The lowest BCUT2D eigenvalue weighted by Gasteiger charge is -2.24. The molecule has 1 saturated heterocycles. The number of halogens is 3. The second-order valence-electron chi connectivity index (χ2n) is 10.1. The van der Waals surface area contributed by atoms with Crippen LogP contribution in [-0.2, 0) is 6.42 Å². The Morgan fingerprint density at radius 2 is 1.82 bits per heavy atom. The fraction of sp³-hybridized carbons (Fsp3) is 0.407. The molecule has 38 heavy (non-hydrogen) atoms. The van der Waals surface area contributed by atoms with E-state index in [0.29, 0.717) is 23.7 Å². The third-order valence-corrected chi connectivity index (χ3v) is 7.30. The Bertz CT molecular complexity index is 1450. The van der Waals surface area contributed by atoms with Crippen LogP contribution in [-0.4, -0.2) is 56.7 Å². The lowest BCUT2D eigenvalue weighted by Crippen LogP contribution is -2.33. The van der Waals surface area contributed by atoms with E-state index in [9.17, 15) is 18.0 Å². The van der Waals surface area contributed by atoms with Crippen molar-refractivity contribution in [3.63, 3.8) is 0 Å². The van der Waals surface area contributed by atoms with Gasteiger partial charge in [-0.05, 0) is 74.0 Å². The zero-order chi connectivity index (χ0) is 26.3. The molecule has 8 nitrogen and oxygen atoms in total. The van der Waals surface area contributed by atoms with Crippen LogP contribution in [0.2, 0.25) is 0 Å². The molecule has 1 aliphatic carbocycles. The smallest absolute Gasteiger partial charge is 0.343 e. The van der Waals surface area contributed by atoms with Gasteiger partial charge in [-0.25, -0.2) is 9.67 Å². The van der Waals surface area contributed by atoms with Crippen molar-refractivity contribution in [3.05, 3.63) is 65.1 Å². The average molecular weight is 524 g/mol. The van der Waals surface area contributed by atoms with Gasteiger partial charge < -0.3 is 10.6 Å². The second-order valence-corrected chi connectivity index (χ2v) is 10.1. The summed E-state index contributed by atoms with van der Waals surface area (Å²) in [6, 6.07) is 10.8. The van der Waals surface area contributed by atoms with Gasteiger partial charge >= 0.3 is 6.18 Å². The van der Waals surface area contributed by atoms with E-state index in [-0.39, 0.29) is 11.6 Å². The highest BCUT2D eigenvalue weighted by Crippen LogP contribution is 2.45. The van der Waals surface area contributed by atoms with Crippen molar-refractivity contribution >= 4 is 16.8 Å². The van der Waals surface area contributed by atoms with Crippen molar-refractivity contribution in [2.45, 2.75) is 50.2 Å². The molecular formula is C27H28F3N7O. The number of hydrogen-bond acceptors (Lipinski definition) is 5. The van der Waals surface area contributed by atoms with Crippen LogP contribution in [0.4, 0.5) is 13.2 Å². The molecule has 11 heteroatoms. The Morgan fingerprint density at radius 3 is 2.53 bits per heavy atom. The van der Waals surface area contributed by atoms with Gasteiger partial charge in [-0.15, -0.1) is 0 Å². The predicted octanol–water partition coefficient (Wildman–Crippen LogP) is 4.51. The predicted molar refractivity (Wildman–Crippen MR) is 136 cm³/mol. The number of nitrogens with one attached hydrogen (secondary N) is 3. The van der Waals surface area contributed by atoms with E-state index in [4.69, 9.17) is 10.1 Å². The van der Waals surface area contributed by atoms with Gasteiger partial charge in [0.25, 0.3) is 5.91 Å². The van der Waals surface area contributed by atoms with E-state index in [1.165, 1.54) is 36.1 Å². The highest BCUT2D eigenvalue weighted by molar-refractivity contribution is 5.94. The quantitative estimate of drug-likeness (QED) is 0.331. The van der Waals surface area contributed by atoms with Gasteiger partial charge in [-0.3, -0.25) is 9.89 Å². The number of aromatic nitrogens is 5. The van der Waals surface area contributed by atoms with Crippen molar-refractivity contribution in [2.75, 3.05) is 19.6 Å². The minimum Gasteiger partial charge on any atom is -0.343 e. The van der Waals surface area contributed by atoms with Gasteiger partial charge in [-0.2, -0.15) is 23.4 Å². The number of amides is 1. The molecular weight excluding hydrogens is 495 g/mol. The van der Waals surface area contributed by atoms with E-state index in [1.54, 1.807) is 12.1 Å². The summed E-state index contributed by atoms with van der Waals surface area (Å²) in [6.07, 6.45) is 2.33. The fourth-order valence-corrected chi connectivity index (χ4v) is 5.26. The molecule has 1 amide bonds. The first kappa shape index (κ1) is 24.6. The SMILES string of the molecule is O=C(NCC(F)(F)F)c1ccc(-c2nc(Cc3ccc4[nH]ncc4c3C3CC3)n(C3CCNCC3)n2)cc1. The number of alkyl halides is 3. The molecule has 1 aliphatic heterocycles. The molecule has 2 aromatic heterocycles. The summed E-state index contributed by atoms with van der Waals surface area (Å²) in [5.74, 6) is 1.18. The molecule has 2 fully saturated rings. The number of aromatic amines is 1. The molecule has 3 N–H and O–H groups in total. The maximum Gasteiger partial charge on any atom is 0.405 e. The minimum atomic E-state index is -4.46. The van der Waals surface area contributed by atoms with Gasteiger partial charge in [0.1, 0.15) is 12.4 Å². The molecule has 2 aliphatic rings. The van der Waals surface area contributed by atoms with Crippen LogP contribution in [0.5, 0.6) is 0 Å². The Morgan fingerprint density at radius 1 is 1.05 bits per heavy atom. The summed E-state index contributed by atoms with van der Waals surface area (Å²) >= 11 is 0. The maximum atomic E-state index is 12.5. The van der Waals surface area contributed by atoms with Gasteiger partial charge in [0, 0.05) is 22.9 Å². The number of benzene rings is 2. The molecule has 4 aromatic rings. The third-order valence-electron chi connectivity index (χ3n) is 7.30. The highest BCUT2D eigenvalue weighted by Gasteiger charge is 2.30. The Kier molecular flexibility index (Phi) is 6.38. The largest absolute Gasteiger partial charge is 0.405 e. The van der Waals surface area contributed by atoms with Crippen molar-refractivity contribution in [2.24, 2.45) is 0 Å². The van der Waals surface area contributed by atoms with Crippen LogP contribution < -0.4 is 10.6 Å². The number of rotatable bonds is 7. The number of H-pyrrole nitrogens is 1. The van der Waals surface area contributed by atoms with E-state index >= 15 is 0 Å². The first-order valence-corrected chi connectivity index (χ1v) is 12.9. The highest BCUT2D eigenvalue weighted by atomic mass is 19.4. The molecule has 0 unspecified atom stereocenters. The molecule has 198 valence electrons. The number of carbonyl (C=O) groups excluding carboxylic acids is 1. The molecule has 2 aromatic carbocycles. The second kappa shape index (κ2) is 9.86. The van der Waals surface area contributed by atoms with E-state index in [1.807, 2.05) is 11.5 Å². The van der Waals surface area contributed by atoms with Crippen molar-refractivity contribution in [1.82, 2.24) is 35.6 Å². The van der Waals surface area contributed by atoms with Crippen LogP contribution in [0.3, 0.4) is 0 Å². The average Bonchev–Trinajstić information content (AvgIpc) is 3.48. The zero-order valence-electron chi connectivity index (χ0n) is 20.7. The molecule has 0 radical (unpaired) electrons. The zero-order valence-corrected chi connectivity index (χ0v) is 20.7. The van der Waals surface area contributed by atoms with Crippen LogP contribution in [0.25, 0.3) is 22.3 Å². The third kappa shape index (κ3) is 5.15. The summed E-state index contributed by atoms with van der Waals surface area (Å²) in [6.45, 7) is 0.456. The molecule has 0 atom stereocenters. The number of carbonyl (C=O) groups is 1. The van der Waals surface area contributed by atoms with E-state index in [2.05, 4.69) is 32.3 Å². The summed E-state index contributed by atoms with van der Waals surface area (Å²) in [7, 11) is 0. The standard InChI is InChI=1S/C27H28F3N7O/c28-27(29,30)15-32-26(38)18-5-3-17(4-6-18)25-34-23(37(36-25)20-9-11-31-12-10-20)13-19-7-8-22-21(14-33-35-22)24(19)16-1-2-16/h3-8,14,16,20,31H,1-2,9-13,15H2,(H,32,38)(H,33,35). The Hall–Kier alpha value is -3.73. The number of hydrogen-bond donors (Lipinski definition) is 3. The van der Waals surface area contributed by atoms with Crippen molar-refractivity contribution in [1.29, 1.82) is 0 Å². The topological polar surface area (TPSA) is 101 Å². The molecule has 0 spiro atoms. The first-order valence-electron chi connectivity index (χ1n) is 12.9. The first-order chi connectivity index (χ1) is 18.4. The Labute approximate surface area is 217 Å². The van der Waals surface area contributed by atoms with E-state index in [0.717, 1.165) is 42.7 Å². The normalized spacial score (nSPS) is 16.7. The molecule has 3 heterocycles.